The van der Waals surface area contributed by atoms with Gasteiger partial charge in [-0.2, -0.15) is 0 Å². The first-order valence-corrected chi connectivity index (χ1v) is 8.04. The highest BCUT2D eigenvalue weighted by Gasteiger charge is 2.13. The van der Waals surface area contributed by atoms with E-state index in [2.05, 4.69) is 26.6 Å². The average Bonchev–Trinajstić information content (AvgIpc) is 3.02. The van der Waals surface area contributed by atoms with Crippen molar-refractivity contribution in [3.63, 3.8) is 0 Å². The largest absolute Gasteiger partial charge is 0.367 e. The number of rotatable bonds is 6. The highest BCUT2D eigenvalue weighted by atomic mass is 16.6. The van der Waals surface area contributed by atoms with Crippen LogP contribution in [0.4, 0.5) is 11.4 Å². The van der Waals surface area contributed by atoms with Gasteiger partial charge in [0.1, 0.15) is 5.82 Å². The number of anilines is 1. The van der Waals surface area contributed by atoms with E-state index in [0.29, 0.717) is 6.54 Å². The summed E-state index contributed by atoms with van der Waals surface area (Å²) in [6, 6.07) is 15.2. The van der Waals surface area contributed by atoms with Crippen LogP contribution in [0, 0.1) is 17.0 Å². The zero-order chi connectivity index (χ0) is 17.8. The van der Waals surface area contributed by atoms with Gasteiger partial charge in [-0.15, -0.1) is 0 Å². The van der Waals surface area contributed by atoms with Crippen molar-refractivity contribution in [1.29, 1.82) is 0 Å². The van der Waals surface area contributed by atoms with Gasteiger partial charge >= 0.3 is 0 Å². The molecule has 25 heavy (non-hydrogen) atoms. The van der Waals surface area contributed by atoms with Gasteiger partial charge < -0.3 is 9.47 Å². The Morgan fingerprint density at radius 3 is 2.64 bits per heavy atom. The molecule has 0 bridgehead atoms. The molecule has 0 aliphatic heterocycles. The van der Waals surface area contributed by atoms with Gasteiger partial charge in [0.2, 0.25) is 0 Å². The summed E-state index contributed by atoms with van der Waals surface area (Å²) in [5, 5.41) is 10.9. The number of non-ortho nitro benzene ring substituents is 1. The molecule has 128 valence electrons. The fourth-order valence-corrected chi connectivity index (χ4v) is 2.89. The van der Waals surface area contributed by atoms with E-state index in [1.807, 2.05) is 38.4 Å². The van der Waals surface area contributed by atoms with Gasteiger partial charge in [0, 0.05) is 43.8 Å². The van der Waals surface area contributed by atoms with Gasteiger partial charge in [-0.05, 0) is 24.1 Å². The molecule has 1 heterocycles. The van der Waals surface area contributed by atoms with Crippen molar-refractivity contribution in [2.75, 3.05) is 11.9 Å². The fraction of sp³-hybridized carbons (Fsp3) is 0.211. The Kier molecular flexibility index (Phi) is 4.79. The Labute approximate surface area is 146 Å². The second-order valence-electron chi connectivity index (χ2n) is 6.04. The number of nitrogens with zero attached hydrogens (tertiary/aromatic N) is 4. The first-order valence-electron chi connectivity index (χ1n) is 8.04. The summed E-state index contributed by atoms with van der Waals surface area (Å²) >= 11 is 0. The number of imidazole rings is 1. The van der Waals surface area contributed by atoms with Gasteiger partial charge in [0.15, 0.2) is 0 Å². The summed E-state index contributed by atoms with van der Waals surface area (Å²) in [6.45, 7) is 3.27. The molecular weight excluding hydrogens is 316 g/mol. The van der Waals surface area contributed by atoms with Gasteiger partial charge in [-0.25, -0.2) is 4.98 Å². The maximum atomic E-state index is 10.9. The van der Waals surface area contributed by atoms with Crippen LogP contribution < -0.4 is 4.90 Å². The van der Waals surface area contributed by atoms with E-state index in [0.717, 1.165) is 23.6 Å². The molecule has 3 aromatic rings. The lowest BCUT2D eigenvalue weighted by atomic mass is 10.1. The van der Waals surface area contributed by atoms with E-state index < -0.39 is 0 Å². The van der Waals surface area contributed by atoms with E-state index in [4.69, 9.17) is 0 Å². The van der Waals surface area contributed by atoms with E-state index in [1.54, 1.807) is 18.3 Å². The zero-order valence-electron chi connectivity index (χ0n) is 14.3. The van der Waals surface area contributed by atoms with Crippen LogP contribution in [0.3, 0.4) is 0 Å². The molecule has 0 aliphatic carbocycles. The van der Waals surface area contributed by atoms with E-state index in [9.17, 15) is 10.1 Å². The van der Waals surface area contributed by atoms with E-state index in [1.165, 1.54) is 11.6 Å². The van der Waals surface area contributed by atoms with Crippen LogP contribution in [-0.2, 0) is 13.1 Å². The molecule has 0 N–H and O–H groups in total. The third-order valence-electron chi connectivity index (χ3n) is 4.18. The summed E-state index contributed by atoms with van der Waals surface area (Å²) in [6.07, 6.45) is 3.77. The van der Waals surface area contributed by atoms with Crippen LogP contribution in [0.25, 0.3) is 0 Å². The van der Waals surface area contributed by atoms with Gasteiger partial charge in [0.05, 0.1) is 11.5 Å². The minimum absolute atomic E-state index is 0.111. The lowest BCUT2D eigenvalue weighted by Crippen LogP contribution is -2.20. The number of aryl methyl sites for hydroxylation is 1. The Balaban J connectivity index is 1.77. The smallest absolute Gasteiger partial charge is 0.269 e. The lowest BCUT2D eigenvalue weighted by Gasteiger charge is -2.21. The summed E-state index contributed by atoms with van der Waals surface area (Å²) in [7, 11) is 1.97. The molecule has 0 saturated heterocycles. The normalized spacial score (nSPS) is 10.6. The molecule has 2 aromatic carbocycles. The highest BCUT2D eigenvalue weighted by molar-refractivity contribution is 5.56. The lowest BCUT2D eigenvalue weighted by molar-refractivity contribution is -0.384. The molecule has 6 nitrogen and oxygen atoms in total. The molecule has 1 aromatic heterocycles. The van der Waals surface area contributed by atoms with Crippen molar-refractivity contribution in [3.8, 4) is 0 Å². The molecule has 0 radical (unpaired) electrons. The molecule has 3 rings (SSSR count). The van der Waals surface area contributed by atoms with Gasteiger partial charge in [-0.3, -0.25) is 10.1 Å². The predicted octanol–water partition coefficient (Wildman–Crippen LogP) is 3.78. The SMILES string of the molecule is Cc1cc([N+](=O)[O-])ccc1N(C)Cc1nccn1Cc1ccccc1. The van der Waals surface area contributed by atoms with Gasteiger partial charge in [-0.1, -0.05) is 30.3 Å². The number of benzene rings is 2. The second-order valence-corrected chi connectivity index (χ2v) is 6.04. The molecule has 0 unspecified atom stereocenters. The summed E-state index contributed by atoms with van der Waals surface area (Å²) in [5.74, 6) is 0.948. The first-order chi connectivity index (χ1) is 12.0. The Hall–Kier alpha value is -3.15. The minimum atomic E-state index is -0.372. The number of nitro benzene ring substituents is 1. The van der Waals surface area contributed by atoms with Crippen LogP contribution in [0.1, 0.15) is 17.0 Å². The predicted molar refractivity (Wildman–Crippen MR) is 97.7 cm³/mol. The third-order valence-corrected chi connectivity index (χ3v) is 4.18. The monoisotopic (exact) mass is 336 g/mol. The Morgan fingerprint density at radius 2 is 1.96 bits per heavy atom. The van der Waals surface area contributed by atoms with Crippen molar-refractivity contribution < 1.29 is 4.92 Å². The number of hydrogen-bond donors (Lipinski definition) is 0. The quantitative estimate of drug-likeness (QED) is 0.507. The van der Waals surface area contributed by atoms with Crippen LogP contribution in [-0.4, -0.2) is 21.5 Å². The van der Waals surface area contributed by atoms with Crippen LogP contribution in [0.2, 0.25) is 0 Å². The van der Waals surface area contributed by atoms with Crippen molar-refractivity contribution in [1.82, 2.24) is 9.55 Å². The highest BCUT2D eigenvalue weighted by Crippen LogP contribution is 2.25. The Bertz CT molecular complexity index is 874. The minimum Gasteiger partial charge on any atom is -0.367 e. The number of nitro groups is 1. The molecule has 0 amide bonds. The topological polar surface area (TPSA) is 64.2 Å². The van der Waals surface area contributed by atoms with Crippen molar-refractivity contribution in [2.45, 2.75) is 20.0 Å². The van der Waals surface area contributed by atoms with E-state index in [-0.39, 0.29) is 10.6 Å². The van der Waals surface area contributed by atoms with Crippen molar-refractivity contribution >= 4 is 11.4 Å². The number of hydrogen-bond acceptors (Lipinski definition) is 4. The first kappa shape index (κ1) is 16.7. The summed E-state index contributed by atoms with van der Waals surface area (Å²) < 4.78 is 2.12. The zero-order valence-corrected chi connectivity index (χ0v) is 14.3. The molecule has 0 aliphatic rings. The average molecular weight is 336 g/mol. The van der Waals surface area contributed by atoms with Gasteiger partial charge in [0.25, 0.3) is 5.69 Å². The van der Waals surface area contributed by atoms with Crippen LogP contribution in [0.15, 0.2) is 60.9 Å². The maximum Gasteiger partial charge on any atom is 0.269 e. The van der Waals surface area contributed by atoms with E-state index >= 15 is 0 Å². The third kappa shape index (κ3) is 3.85. The number of aromatic nitrogens is 2. The second kappa shape index (κ2) is 7.17. The summed E-state index contributed by atoms with van der Waals surface area (Å²) in [4.78, 5) is 17.0. The van der Waals surface area contributed by atoms with Crippen molar-refractivity contribution in [3.05, 3.63) is 88.0 Å². The maximum absolute atomic E-state index is 10.9. The molecule has 0 fully saturated rings. The standard InChI is InChI=1S/C19H20N4O2/c1-15-12-17(23(24)25)8-9-18(15)21(2)14-19-20-10-11-22(19)13-16-6-4-3-5-7-16/h3-12H,13-14H2,1-2H3. The summed E-state index contributed by atoms with van der Waals surface area (Å²) in [5.41, 5.74) is 3.16. The molecule has 6 heteroatoms. The molecule has 0 spiro atoms. The molecule has 0 saturated carbocycles. The van der Waals surface area contributed by atoms with Crippen molar-refractivity contribution in [2.24, 2.45) is 0 Å². The molecular formula is C19H20N4O2. The Morgan fingerprint density at radius 1 is 1.20 bits per heavy atom. The fourth-order valence-electron chi connectivity index (χ4n) is 2.89. The van der Waals surface area contributed by atoms with Crippen LogP contribution >= 0.6 is 0 Å². The van der Waals surface area contributed by atoms with Crippen LogP contribution in [0.5, 0.6) is 0 Å². The molecule has 0 atom stereocenters.